The second kappa shape index (κ2) is 17.9. The van der Waals surface area contributed by atoms with Crippen LogP contribution < -0.4 is 11.4 Å². The maximum atomic E-state index is 12.4. The molecule has 0 radical (unpaired) electrons. The van der Waals surface area contributed by atoms with Crippen molar-refractivity contribution < 1.29 is 18.9 Å². The number of nitrogen functional groups attached to an aromatic ring is 1. The standard InChI is InChI=1S/C27H49N3O5/c1-4-5-6-7-8-9-10-11-12-13-14-15-16-17-20-34-25-24(33-3)22(21-32-2)35-26(25)30-19-18-23(28)29-27(30)31/h18-19,22,24-26H,4-17,20-21H2,1-3H3,(H2,28,29,31)/t22-,24-,25-,26-/m1/s1. The molecule has 2 rings (SSSR count). The van der Waals surface area contributed by atoms with E-state index in [1.807, 2.05) is 0 Å². The van der Waals surface area contributed by atoms with E-state index < -0.39 is 18.0 Å². The highest BCUT2D eigenvalue weighted by atomic mass is 16.6. The first-order valence-corrected chi connectivity index (χ1v) is 13.8. The Hall–Kier alpha value is -1.48. The zero-order chi connectivity index (χ0) is 25.3. The molecule has 4 atom stereocenters. The Kier molecular flexibility index (Phi) is 15.2. The number of ether oxygens (including phenoxy) is 4. The zero-order valence-corrected chi connectivity index (χ0v) is 22.3. The highest BCUT2D eigenvalue weighted by molar-refractivity contribution is 5.23. The summed E-state index contributed by atoms with van der Waals surface area (Å²) >= 11 is 0. The van der Waals surface area contributed by atoms with Crippen molar-refractivity contribution >= 4 is 5.82 Å². The molecule has 35 heavy (non-hydrogen) atoms. The Bertz CT molecular complexity index is 729. The number of hydrogen-bond donors (Lipinski definition) is 1. The normalized spacial score (nSPS) is 22.1. The smallest absolute Gasteiger partial charge is 0.351 e. The molecule has 1 aliphatic rings. The maximum Gasteiger partial charge on any atom is 0.351 e. The molecular weight excluding hydrogens is 446 g/mol. The van der Waals surface area contributed by atoms with Gasteiger partial charge in [-0.15, -0.1) is 0 Å². The van der Waals surface area contributed by atoms with Crippen LogP contribution in [0, 0.1) is 0 Å². The fraction of sp³-hybridized carbons (Fsp3) is 0.852. The molecule has 202 valence electrons. The SMILES string of the molecule is CCCCCCCCCCCCCCCCO[C@@H]1[C@H](OC)[C@@H](COC)O[C@H]1n1ccc(N)nc1=O. The van der Waals surface area contributed by atoms with Crippen LogP contribution >= 0.6 is 0 Å². The zero-order valence-electron chi connectivity index (χ0n) is 22.3. The molecular formula is C27H49N3O5. The summed E-state index contributed by atoms with van der Waals surface area (Å²) in [5.74, 6) is 0.181. The van der Waals surface area contributed by atoms with Crippen LogP contribution in [-0.4, -0.2) is 55.3 Å². The molecule has 0 aromatic carbocycles. The quantitative estimate of drug-likeness (QED) is 0.247. The molecule has 0 amide bonds. The van der Waals surface area contributed by atoms with Gasteiger partial charge in [0.15, 0.2) is 6.23 Å². The molecule has 0 saturated carbocycles. The minimum absolute atomic E-state index is 0.181. The van der Waals surface area contributed by atoms with Gasteiger partial charge in [0.2, 0.25) is 0 Å². The lowest BCUT2D eigenvalue weighted by molar-refractivity contribution is -0.0777. The van der Waals surface area contributed by atoms with Gasteiger partial charge in [-0.2, -0.15) is 4.98 Å². The monoisotopic (exact) mass is 495 g/mol. The van der Waals surface area contributed by atoms with Gasteiger partial charge in [-0.05, 0) is 12.5 Å². The summed E-state index contributed by atoms with van der Waals surface area (Å²) in [5, 5.41) is 0. The maximum absolute atomic E-state index is 12.4. The van der Waals surface area contributed by atoms with Crippen molar-refractivity contribution in [2.45, 2.75) is 121 Å². The minimum Gasteiger partial charge on any atom is -0.383 e. The van der Waals surface area contributed by atoms with Crippen LogP contribution in [0.15, 0.2) is 17.1 Å². The third kappa shape index (κ3) is 10.6. The number of unbranched alkanes of at least 4 members (excludes halogenated alkanes) is 13. The van der Waals surface area contributed by atoms with Crippen molar-refractivity contribution in [3.8, 4) is 0 Å². The Labute approximate surface area is 211 Å². The largest absolute Gasteiger partial charge is 0.383 e. The first-order chi connectivity index (χ1) is 17.1. The average Bonchev–Trinajstić information content (AvgIpc) is 3.18. The van der Waals surface area contributed by atoms with Crippen LogP contribution in [0.2, 0.25) is 0 Å². The molecule has 0 bridgehead atoms. The van der Waals surface area contributed by atoms with Crippen LogP contribution in [0.3, 0.4) is 0 Å². The molecule has 0 unspecified atom stereocenters. The van der Waals surface area contributed by atoms with Crippen LogP contribution in [0.4, 0.5) is 5.82 Å². The summed E-state index contributed by atoms with van der Waals surface area (Å²) in [6.45, 7) is 3.22. The molecule has 1 aromatic heterocycles. The fourth-order valence-corrected chi connectivity index (χ4v) is 4.83. The highest BCUT2D eigenvalue weighted by Crippen LogP contribution is 2.33. The van der Waals surface area contributed by atoms with Crippen molar-refractivity contribution in [3.05, 3.63) is 22.7 Å². The lowest BCUT2D eigenvalue weighted by atomic mass is 10.0. The number of hydrogen-bond acceptors (Lipinski definition) is 7. The summed E-state index contributed by atoms with van der Waals surface area (Å²) in [7, 11) is 3.25. The molecule has 0 aliphatic carbocycles. The number of nitrogens with zero attached hydrogens (tertiary/aromatic N) is 2. The van der Waals surface area contributed by atoms with E-state index in [4.69, 9.17) is 24.7 Å². The van der Waals surface area contributed by atoms with Crippen molar-refractivity contribution in [1.82, 2.24) is 9.55 Å². The molecule has 1 aromatic rings. The number of methoxy groups -OCH3 is 2. The van der Waals surface area contributed by atoms with Crippen LogP contribution in [0.5, 0.6) is 0 Å². The number of anilines is 1. The Balaban J connectivity index is 1.65. The van der Waals surface area contributed by atoms with Gasteiger partial charge >= 0.3 is 5.69 Å². The second-order valence-corrected chi connectivity index (χ2v) is 9.69. The van der Waals surface area contributed by atoms with Crippen molar-refractivity contribution in [2.24, 2.45) is 0 Å². The van der Waals surface area contributed by atoms with Crippen molar-refractivity contribution in [1.29, 1.82) is 0 Å². The number of nitrogens with two attached hydrogens (primary N) is 1. The summed E-state index contributed by atoms with van der Waals surface area (Å²) in [6.07, 6.45) is 18.3. The fourth-order valence-electron chi connectivity index (χ4n) is 4.83. The van der Waals surface area contributed by atoms with Crippen LogP contribution in [0.1, 0.15) is 103 Å². The molecule has 1 fully saturated rings. The van der Waals surface area contributed by atoms with E-state index in [0.29, 0.717) is 13.2 Å². The summed E-state index contributed by atoms with van der Waals surface area (Å²) in [5.41, 5.74) is 5.18. The average molecular weight is 496 g/mol. The molecule has 1 saturated heterocycles. The van der Waals surface area contributed by atoms with Gasteiger partial charge in [0.25, 0.3) is 0 Å². The van der Waals surface area contributed by atoms with Gasteiger partial charge in [-0.1, -0.05) is 90.4 Å². The second-order valence-electron chi connectivity index (χ2n) is 9.69. The minimum atomic E-state index is -0.632. The predicted octanol–water partition coefficient (Wildman–Crippen LogP) is 5.25. The molecule has 0 spiro atoms. The number of rotatable bonds is 20. The topological polar surface area (TPSA) is 97.8 Å². The molecule has 8 nitrogen and oxygen atoms in total. The van der Waals surface area contributed by atoms with E-state index in [9.17, 15) is 4.79 Å². The van der Waals surface area contributed by atoms with E-state index in [1.54, 1.807) is 26.5 Å². The third-order valence-electron chi connectivity index (χ3n) is 6.82. The predicted molar refractivity (Wildman–Crippen MR) is 140 cm³/mol. The van der Waals surface area contributed by atoms with E-state index in [0.717, 1.165) is 12.8 Å². The van der Waals surface area contributed by atoms with Crippen LogP contribution in [-0.2, 0) is 18.9 Å². The Morgan fingerprint density at radius 1 is 0.914 bits per heavy atom. The van der Waals surface area contributed by atoms with Gasteiger partial charge < -0.3 is 24.7 Å². The Morgan fingerprint density at radius 2 is 1.49 bits per heavy atom. The third-order valence-corrected chi connectivity index (χ3v) is 6.82. The van der Waals surface area contributed by atoms with E-state index in [2.05, 4.69) is 11.9 Å². The van der Waals surface area contributed by atoms with E-state index >= 15 is 0 Å². The summed E-state index contributed by atoms with van der Waals surface area (Å²) < 4.78 is 24.7. The molecule has 1 aliphatic heterocycles. The molecule has 2 heterocycles. The van der Waals surface area contributed by atoms with Gasteiger partial charge in [-0.3, -0.25) is 4.57 Å². The van der Waals surface area contributed by atoms with Gasteiger partial charge in [0.05, 0.1) is 6.61 Å². The van der Waals surface area contributed by atoms with E-state index in [-0.39, 0.29) is 18.0 Å². The Morgan fingerprint density at radius 3 is 2.00 bits per heavy atom. The van der Waals surface area contributed by atoms with Gasteiger partial charge in [0, 0.05) is 27.0 Å². The first kappa shape index (κ1) is 29.7. The number of aromatic nitrogens is 2. The van der Waals surface area contributed by atoms with E-state index in [1.165, 1.54) is 81.6 Å². The lowest BCUT2D eigenvalue weighted by Gasteiger charge is -2.24. The lowest BCUT2D eigenvalue weighted by Crippen LogP contribution is -2.39. The molecule has 2 N–H and O–H groups in total. The highest BCUT2D eigenvalue weighted by Gasteiger charge is 2.47. The molecule has 8 heteroatoms. The van der Waals surface area contributed by atoms with Gasteiger partial charge in [0.1, 0.15) is 24.1 Å². The summed E-state index contributed by atoms with van der Waals surface area (Å²) in [4.78, 5) is 16.2. The van der Waals surface area contributed by atoms with Crippen molar-refractivity contribution in [3.63, 3.8) is 0 Å². The summed E-state index contributed by atoms with van der Waals surface area (Å²) in [6, 6.07) is 1.58. The van der Waals surface area contributed by atoms with Gasteiger partial charge in [-0.25, -0.2) is 4.79 Å². The van der Waals surface area contributed by atoms with Crippen LogP contribution in [0.25, 0.3) is 0 Å². The van der Waals surface area contributed by atoms with Crippen molar-refractivity contribution in [2.75, 3.05) is 33.2 Å². The first-order valence-electron chi connectivity index (χ1n) is 13.8.